The van der Waals surface area contributed by atoms with Gasteiger partial charge in [0.05, 0.1) is 5.52 Å². The second kappa shape index (κ2) is 6.70. The number of hydrogen-bond donors (Lipinski definition) is 1. The van der Waals surface area contributed by atoms with E-state index in [9.17, 15) is 4.79 Å². The zero-order chi connectivity index (χ0) is 18.2. The number of nitrogens with one attached hydrogen (secondary N) is 1. The summed E-state index contributed by atoms with van der Waals surface area (Å²) in [6, 6.07) is 10.00. The highest BCUT2D eigenvalue weighted by atomic mass is 16.2. The number of rotatable bonds is 4. The Morgan fingerprint density at radius 1 is 1.11 bits per heavy atom. The van der Waals surface area contributed by atoms with Crippen LogP contribution in [0.25, 0.3) is 16.9 Å². The molecule has 0 bridgehead atoms. The molecule has 0 unspecified atom stereocenters. The van der Waals surface area contributed by atoms with Crippen LogP contribution in [0.2, 0.25) is 0 Å². The number of anilines is 1. The van der Waals surface area contributed by atoms with Crippen LogP contribution in [0.15, 0.2) is 36.5 Å². The fourth-order valence-corrected chi connectivity index (χ4v) is 3.98. The molecule has 1 saturated heterocycles. The summed E-state index contributed by atoms with van der Waals surface area (Å²) in [5, 5.41) is 11.2. The zero-order valence-electron chi connectivity index (χ0n) is 15.0. The van der Waals surface area contributed by atoms with Crippen LogP contribution in [-0.2, 0) is 4.79 Å². The monoisotopic (exact) mass is 363 g/mol. The molecule has 1 amide bonds. The number of aromatic nitrogens is 5. The van der Waals surface area contributed by atoms with Crippen LogP contribution in [0, 0.1) is 5.92 Å². The van der Waals surface area contributed by atoms with Gasteiger partial charge in [-0.3, -0.25) is 10.1 Å². The van der Waals surface area contributed by atoms with Crippen molar-refractivity contribution in [1.29, 1.82) is 0 Å². The van der Waals surface area contributed by atoms with E-state index in [1.54, 1.807) is 16.9 Å². The van der Waals surface area contributed by atoms with Crippen molar-refractivity contribution in [2.24, 2.45) is 5.92 Å². The van der Waals surface area contributed by atoms with Gasteiger partial charge in [0.25, 0.3) is 0 Å². The Balaban J connectivity index is 1.28. The highest BCUT2D eigenvalue weighted by Gasteiger charge is 2.38. The number of amides is 1. The van der Waals surface area contributed by atoms with Crippen LogP contribution in [0.1, 0.15) is 25.7 Å². The minimum atomic E-state index is 0.00560. The summed E-state index contributed by atoms with van der Waals surface area (Å²) in [6.45, 7) is 2.35. The van der Waals surface area contributed by atoms with Gasteiger partial charge in [-0.2, -0.15) is 9.67 Å². The largest absolute Gasteiger partial charge is 0.300 e. The molecule has 138 valence electrons. The summed E-state index contributed by atoms with van der Waals surface area (Å²) < 4.78 is 1.65. The number of para-hydroxylation sites is 1. The van der Waals surface area contributed by atoms with E-state index in [1.807, 2.05) is 24.3 Å². The van der Waals surface area contributed by atoms with Crippen molar-refractivity contribution in [3.63, 3.8) is 0 Å². The van der Waals surface area contributed by atoms with Crippen LogP contribution >= 0.6 is 0 Å². The fourth-order valence-electron chi connectivity index (χ4n) is 3.98. The molecular weight excluding hydrogens is 342 g/mol. The summed E-state index contributed by atoms with van der Waals surface area (Å²) in [6.07, 6.45) is 6.05. The topological polar surface area (TPSA) is 88.8 Å². The second-order valence-electron chi connectivity index (χ2n) is 7.28. The molecule has 2 fully saturated rings. The fraction of sp³-hybridized carbons (Fsp3) is 0.421. The maximum absolute atomic E-state index is 12.5. The normalized spacial score (nSPS) is 22.7. The summed E-state index contributed by atoms with van der Waals surface area (Å²) in [5.74, 6) is 0.945. The van der Waals surface area contributed by atoms with Gasteiger partial charge in [-0.25, -0.2) is 4.98 Å². The minimum Gasteiger partial charge on any atom is -0.300 e. The van der Waals surface area contributed by atoms with E-state index in [-0.39, 0.29) is 11.8 Å². The molecule has 3 aromatic rings. The number of nitrogens with zero attached hydrogens (tertiary/aromatic N) is 6. The minimum absolute atomic E-state index is 0.00560. The van der Waals surface area contributed by atoms with Crippen molar-refractivity contribution in [2.75, 3.05) is 18.4 Å². The highest BCUT2D eigenvalue weighted by molar-refractivity contribution is 5.91. The van der Waals surface area contributed by atoms with Gasteiger partial charge in [0, 0.05) is 24.2 Å². The van der Waals surface area contributed by atoms with Gasteiger partial charge in [0.2, 0.25) is 11.9 Å². The molecule has 2 aromatic heterocycles. The van der Waals surface area contributed by atoms with Crippen molar-refractivity contribution in [1.82, 2.24) is 29.9 Å². The van der Waals surface area contributed by atoms with Gasteiger partial charge < -0.3 is 4.90 Å². The Kier molecular flexibility index (Phi) is 4.05. The highest BCUT2D eigenvalue weighted by Crippen LogP contribution is 2.34. The predicted molar refractivity (Wildman–Crippen MR) is 100 cm³/mol. The first-order valence-corrected chi connectivity index (χ1v) is 9.47. The maximum Gasteiger partial charge on any atom is 0.231 e. The Bertz CT molecular complexity index is 973. The number of carbonyl (C=O) groups is 1. The van der Waals surface area contributed by atoms with E-state index >= 15 is 0 Å². The van der Waals surface area contributed by atoms with Crippen molar-refractivity contribution in [3.8, 4) is 5.82 Å². The zero-order valence-corrected chi connectivity index (χ0v) is 15.0. The average Bonchev–Trinajstić information content (AvgIpc) is 3.30. The third-order valence-electron chi connectivity index (χ3n) is 5.59. The number of carbonyl (C=O) groups excluding carboxylic acids is 1. The van der Waals surface area contributed by atoms with Crippen molar-refractivity contribution < 1.29 is 4.79 Å². The molecule has 0 radical (unpaired) electrons. The van der Waals surface area contributed by atoms with Crippen molar-refractivity contribution >= 4 is 22.9 Å². The molecule has 1 aliphatic heterocycles. The molecule has 5 rings (SSSR count). The quantitative estimate of drug-likeness (QED) is 0.763. The van der Waals surface area contributed by atoms with E-state index in [0.717, 1.165) is 23.9 Å². The predicted octanol–water partition coefficient (Wildman–Crippen LogP) is 2.02. The van der Waals surface area contributed by atoms with Gasteiger partial charge in [-0.05, 0) is 50.9 Å². The summed E-state index contributed by atoms with van der Waals surface area (Å²) in [4.78, 5) is 23.7. The molecule has 1 aliphatic carbocycles. The first-order chi connectivity index (χ1) is 13.3. The number of hydrogen-bond acceptors (Lipinski definition) is 6. The van der Waals surface area contributed by atoms with E-state index in [0.29, 0.717) is 17.8 Å². The van der Waals surface area contributed by atoms with Crippen molar-refractivity contribution in [3.05, 3.63) is 36.5 Å². The third-order valence-corrected chi connectivity index (χ3v) is 5.59. The summed E-state index contributed by atoms with van der Waals surface area (Å²) in [7, 11) is 0. The average molecular weight is 363 g/mol. The first kappa shape index (κ1) is 16.3. The molecule has 1 saturated carbocycles. The van der Waals surface area contributed by atoms with E-state index in [4.69, 9.17) is 0 Å². The van der Waals surface area contributed by atoms with Crippen LogP contribution < -0.4 is 5.32 Å². The van der Waals surface area contributed by atoms with Gasteiger partial charge in [0.15, 0.2) is 5.82 Å². The van der Waals surface area contributed by atoms with Gasteiger partial charge in [0.1, 0.15) is 5.52 Å². The lowest BCUT2D eigenvalue weighted by Crippen LogP contribution is -2.47. The Hall–Kier alpha value is -2.87. The smallest absolute Gasteiger partial charge is 0.231 e. The van der Waals surface area contributed by atoms with Crippen LogP contribution in [0.4, 0.5) is 5.95 Å². The first-order valence-electron chi connectivity index (χ1n) is 9.47. The molecular formula is C19H21N7O. The summed E-state index contributed by atoms with van der Waals surface area (Å²) >= 11 is 0. The molecule has 1 aromatic carbocycles. The molecule has 0 spiro atoms. The SMILES string of the molecule is O=C(Nc1nccc(-n2nnc3ccccc32)n1)C1CC(N2CCCC2)C1. The van der Waals surface area contributed by atoms with E-state index in [2.05, 4.69) is 30.5 Å². The van der Waals surface area contributed by atoms with Crippen molar-refractivity contribution in [2.45, 2.75) is 31.7 Å². The Morgan fingerprint density at radius 3 is 2.78 bits per heavy atom. The van der Waals surface area contributed by atoms with Crippen LogP contribution in [-0.4, -0.2) is 54.9 Å². The van der Waals surface area contributed by atoms with Crippen LogP contribution in [0.3, 0.4) is 0 Å². The van der Waals surface area contributed by atoms with Crippen LogP contribution in [0.5, 0.6) is 0 Å². The second-order valence-corrected chi connectivity index (χ2v) is 7.28. The molecule has 2 aliphatic rings. The number of fused-ring (bicyclic) bond motifs is 1. The van der Waals surface area contributed by atoms with Gasteiger partial charge >= 0.3 is 0 Å². The van der Waals surface area contributed by atoms with E-state index in [1.165, 1.54) is 25.9 Å². The molecule has 3 heterocycles. The summed E-state index contributed by atoms with van der Waals surface area (Å²) in [5.41, 5.74) is 1.66. The molecule has 1 N–H and O–H groups in total. The lowest BCUT2D eigenvalue weighted by atomic mass is 9.79. The lowest BCUT2D eigenvalue weighted by molar-refractivity contribution is -0.124. The number of benzene rings is 1. The Morgan fingerprint density at radius 2 is 1.93 bits per heavy atom. The van der Waals surface area contributed by atoms with E-state index < -0.39 is 0 Å². The van der Waals surface area contributed by atoms with Gasteiger partial charge in [-0.1, -0.05) is 17.3 Å². The molecule has 8 nitrogen and oxygen atoms in total. The molecule has 8 heteroatoms. The van der Waals surface area contributed by atoms with Gasteiger partial charge in [-0.15, -0.1) is 5.10 Å². The molecule has 0 atom stereocenters. The Labute approximate surface area is 156 Å². The standard InChI is InChI=1S/C19H21N7O/c27-18(13-11-14(12-13)25-9-3-4-10-25)22-19-20-8-7-17(21-19)26-16-6-2-1-5-15(16)23-24-26/h1-2,5-8,13-14H,3-4,9-12H2,(H,20,21,22,27). The number of likely N-dealkylation sites (tertiary alicyclic amines) is 1. The lowest BCUT2D eigenvalue weighted by Gasteiger charge is -2.40. The third kappa shape index (κ3) is 3.06. The maximum atomic E-state index is 12.5. The molecule has 27 heavy (non-hydrogen) atoms.